The van der Waals surface area contributed by atoms with Gasteiger partial charge in [0.15, 0.2) is 5.16 Å². The van der Waals surface area contributed by atoms with E-state index in [0.29, 0.717) is 11.5 Å². The van der Waals surface area contributed by atoms with E-state index in [1.165, 1.54) is 24.1 Å². The van der Waals surface area contributed by atoms with E-state index in [2.05, 4.69) is 9.97 Å². The molecule has 3 rings (SSSR count). The summed E-state index contributed by atoms with van der Waals surface area (Å²) >= 11 is 1.42. The monoisotopic (exact) mass is 288 g/mol. The van der Waals surface area contributed by atoms with Crippen molar-refractivity contribution in [2.45, 2.75) is 17.8 Å². The van der Waals surface area contributed by atoms with Crippen molar-refractivity contribution in [3.8, 4) is 0 Å². The molecule has 5 nitrogen and oxygen atoms in total. The highest BCUT2D eigenvalue weighted by molar-refractivity contribution is 7.98. The second-order valence-corrected chi connectivity index (χ2v) is 5.38. The first kappa shape index (κ1) is 12.8. The molecule has 0 aliphatic rings. The van der Waals surface area contributed by atoms with E-state index in [4.69, 9.17) is 9.52 Å². The molecule has 3 aromatic rings. The number of fused-ring (bicyclic) bond motifs is 1. The zero-order valence-electron chi connectivity index (χ0n) is 10.7. The van der Waals surface area contributed by atoms with E-state index in [-0.39, 0.29) is 5.56 Å². The number of aromatic nitrogens is 2. The summed E-state index contributed by atoms with van der Waals surface area (Å²) < 4.78 is 5.20. The minimum absolute atomic E-state index is 0.199. The van der Waals surface area contributed by atoms with Crippen LogP contribution in [0.2, 0.25) is 0 Å². The minimum atomic E-state index is -0.977. The Morgan fingerprint density at radius 3 is 3.10 bits per heavy atom. The highest BCUT2D eigenvalue weighted by Gasteiger charge is 2.14. The van der Waals surface area contributed by atoms with Gasteiger partial charge in [0.05, 0.1) is 23.0 Å². The van der Waals surface area contributed by atoms with Gasteiger partial charge in [-0.25, -0.2) is 9.78 Å². The number of H-pyrrole nitrogens is 1. The lowest BCUT2D eigenvalue weighted by Crippen LogP contribution is -1.97. The second-order valence-electron chi connectivity index (χ2n) is 4.41. The predicted octanol–water partition coefficient (Wildman–Crippen LogP) is 3.45. The van der Waals surface area contributed by atoms with Gasteiger partial charge in [0.2, 0.25) is 0 Å². The Hall–Kier alpha value is -2.21. The Bertz CT molecular complexity index is 776. The lowest BCUT2D eigenvalue weighted by molar-refractivity contribution is 0.0695. The molecule has 102 valence electrons. The molecular formula is C14H12N2O3S. The van der Waals surface area contributed by atoms with E-state index in [1.54, 1.807) is 0 Å². The molecular weight excluding hydrogens is 276 g/mol. The van der Waals surface area contributed by atoms with Crippen LogP contribution in [-0.4, -0.2) is 21.0 Å². The minimum Gasteiger partial charge on any atom is -0.478 e. The first-order valence-corrected chi connectivity index (χ1v) is 7.01. The van der Waals surface area contributed by atoms with E-state index in [1.807, 2.05) is 25.1 Å². The summed E-state index contributed by atoms with van der Waals surface area (Å²) in [5.41, 5.74) is 3.24. The molecule has 0 fully saturated rings. The highest BCUT2D eigenvalue weighted by atomic mass is 32.2. The number of aryl methyl sites for hydroxylation is 1. The average molecular weight is 288 g/mol. The summed E-state index contributed by atoms with van der Waals surface area (Å²) in [5.74, 6) is -0.110. The first-order valence-electron chi connectivity index (χ1n) is 6.02. The normalized spacial score (nSPS) is 11.1. The van der Waals surface area contributed by atoms with Crippen LogP contribution >= 0.6 is 11.8 Å². The Morgan fingerprint density at radius 1 is 1.45 bits per heavy atom. The van der Waals surface area contributed by atoms with Crippen molar-refractivity contribution < 1.29 is 14.3 Å². The van der Waals surface area contributed by atoms with E-state index in [0.717, 1.165) is 21.8 Å². The quantitative estimate of drug-likeness (QED) is 0.719. The Labute approximate surface area is 119 Å². The molecule has 0 atom stereocenters. The maximum Gasteiger partial charge on any atom is 0.339 e. The van der Waals surface area contributed by atoms with Crippen molar-refractivity contribution in [1.29, 1.82) is 0 Å². The smallest absolute Gasteiger partial charge is 0.339 e. The third-order valence-corrected chi connectivity index (χ3v) is 3.80. The molecule has 20 heavy (non-hydrogen) atoms. The summed E-state index contributed by atoms with van der Waals surface area (Å²) in [5, 5.41) is 9.75. The summed E-state index contributed by atoms with van der Waals surface area (Å²) in [7, 11) is 0. The molecule has 0 amide bonds. The summed E-state index contributed by atoms with van der Waals surface area (Å²) in [6, 6.07) is 7.45. The zero-order valence-corrected chi connectivity index (χ0v) is 11.5. The number of imidazole rings is 1. The third kappa shape index (κ3) is 2.42. The summed E-state index contributed by atoms with van der Waals surface area (Å²) in [6.45, 7) is 2.02. The summed E-state index contributed by atoms with van der Waals surface area (Å²) in [6.07, 6.45) is 1.39. The number of nitrogens with one attached hydrogen (secondary N) is 1. The zero-order chi connectivity index (χ0) is 14.1. The molecule has 0 bridgehead atoms. The number of aromatic carboxylic acids is 1. The number of nitrogens with zero attached hydrogens (tertiary/aromatic N) is 1. The van der Waals surface area contributed by atoms with E-state index < -0.39 is 5.97 Å². The molecule has 6 heteroatoms. The number of hydrogen-bond donors (Lipinski definition) is 2. The van der Waals surface area contributed by atoms with Crippen LogP contribution in [0.5, 0.6) is 0 Å². The second kappa shape index (κ2) is 5.05. The molecule has 0 saturated heterocycles. The fourth-order valence-corrected chi connectivity index (χ4v) is 2.78. The van der Waals surface area contributed by atoms with Crippen LogP contribution in [0.1, 0.15) is 21.7 Å². The molecule has 2 aromatic heterocycles. The van der Waals surface area contributed by atoms with Gasteiger partial charge in [-0.2, -0.15) is 0 Å². The van der Waals surface area contributed by atoms with Gasteiger partial charge in [-0.3, -0.25) is 0 Å². The maximum atomic E-state index is 11.0. The Balaban J connectivity index is 1.79. The van der Waals surface area contributed by atoms with Gasteiger partial charge in [-0.05, 0) is 30.7 Å². The SMILES string of the molecule is Cc1ccc2nc(SCc3occc3C(=O)O)[nH]c2c1. The van der Waals surface area contributed by atoms with E-state index >= 15 is 0 Å². The van der Waals surface area contributed by atoms with Crippen molar-refractivity contribution in [2.24, 2.45) is 0 Å². The number of carboxylic acids is 1. The van der Waals surface area contributed by atoms with Gasteiger partial charge in [0.25, 0.3) is 0 Å². The summed E-state index contributed by atoms with van der Waals surface area (Å²) in [4.78, 5) is 18.6. The van der Waals surface area contributed by atoms with Crippen LogP contribution in [-0.2, 0) is 5.75 Å². The van der Waals surface area contributed by atoms with Crippen molar-refractivity contribution >= 4 is 28.8 Å². The number of carboxylic acid groups (broad SMARTS) is 1. The number of benzene rings is 1. The van der Waals surface area contributed by atoms with Crippen LogP contribution in [0.15, 0.2) is 40.1 Å². The van der Waals surface area contributed by atoms with Crippen LogP contribution < -0.4 is 0 Å². The molecule has 0 spiro atoms. The maximum absolute atomic E-state index is 11.0. The van der Waals surface area contributed by atoms with Crippen LogP contribution in [0.4, 0.5) is 0 Å². The molecule has 0 aliphatic heterocycles. The van der Waals surface area contributed by atoms with Crippen molar-refractivity contribution in [3.63, 3.8) is 0 Å². The molecule has 0 unspecified atom stereocenters. The number of rotatable bonds is 4. The fraction of sp³-hybridized carbons (Fsp3) is 0.143. The van der Waals surface area contributed by atoms with Crippen molar-refractivity contribution in [1.82, 2.24) is 9.97 Å². The van der Waals surface area contributed by atoms with E-state index in [9.17, 15) is 4.79 Å². The number of furan rings is 1. The van der Waals surface area contributed by atoms with Gasteiger partial charge in [-0.15, -0.1) is 0 Å². The molecule has 2 N–H and O–H groups in total. The van der Waals surface area contributed by atoms with Crippen molar-refractivity contribution in [3.05, 3.63) is 47.4 Å². The standard InChI is InChI=1S/C14H12N2O3S/c1-8-2-3-10-11(6-8)16-14(15-10)20-7-12-9(13(17)18)4-5-19-12/h2-6H,7H2,1H3,(H,15,16)(H,17,18). The third-order valence-electron chi connectivity index (χ3n) is 2.93. The van der Waals surface area contributed by atoms with Gasteiger partial charge < -0.3 is 14.5 Å². The number of aromatic amines is 1. The van der Waals surface area contributed by atoms with Gasteiger partial charge >= 0.3 is 5.97 Å². The molecule has 2 heterocycles. The molecule has 0 aliphatic carbocycles. The number of thioether (sulfide) groups is 1. The number of hydrogen-bond acceptors (Lipinski definition) is 4. The Kier molecular flexibility index (Phi) is 3.23. The first-order chi connectivity index (χ1) is 9.63. The molecule has 0 saturated carbocycles. The van der Waals surface area contributed by atoms with Crippen molar-refractivity contribution in [2.75, 3.05) is 0 Å². The largest absolute Gasteiger partial charge is 0.478 e. The Morgan fingerprint density at radius 2 is 2.30 bits per heavy atom. The van der Waals surface area contributed by atoms with Crippen LogP contribution in [0, 0.1) is 6.92 Å². The predicted molar refractivity (Wildman–Crippen MR) is 76.1 cm³/mol. The average Bonchev–Trinajstić information content (AvgIpc) is 3.01. The topological polar surface area (TPSA) is 79.1 Å². The van der Waals surface area contributed by atoms with Gasteiger partial charge in [-0.1, -0.05) is 17.8 Å². The van der Waals surface area contributed by atoms with Crippen LogP contribution in [0.25, 0.3) is 11.0 Å². The van der Waals surface area contributed by atoms with Gasteiger partial charge in [0, 0.05) is 0 Å². The van der Waals surface area contributed by atoms with Gasteiger partial charge in [0.1, 0.15) is 11.3 Å². The fourth-order valence-electron chi connectivity index (χ4n) is 1.95. The van der Waals surface area contributed by atoms with Crippen LogP contribution in [0.3, 0.4) is 0 Å². The lowest BCUT2D eigenvalue weighted by Gasteiger charge is -1.96. The molecule has 0 radical (unpaired) electrons. The lowest BCUT2D eigenvalue weighted by atomic mass is 10.2. The highest BCUT2D eigenvalue weighted by Crippen LogP contribution is 2.25. The number of carbonyl (C=O) groups is 1. The molecule has 1 aromatic carbocycles.